The topological polar surface area (TPSA) is 77.5 Å². The Bertz CT molecular complexity index is 1530. The van der Waals surface area contributed by atoms with Gasteiger partial charge in [0.15, 0.2) is 5.82 Å². The molecular weight excluding hydrogens is 416 g/mol. The van der Waals surface area contributed by atoms with Gasteiger partial charge in [-0.15, -0.1) is 0 Å². The molecule has 1 atom stereocenters. The van der Waals surface area contributed by atoms with Crippen LogP contribution in [0.4, 0.5) is 5.82 Å². The maximum absolute atomic E-state index is 13.4. The molecule has 1 fully saturated rings. The predicted octanol–water partition coefficient (Wildman–Crippen LogP) is 3.11. The summed E-state index contributed by atoms with van der Waals surface area (Å²) in [6.45, 7) is 2.73. The Balaban J connectivity index is 1.47. The summed E-state index contributed by atoms with van der Waals surface area (Å²) in [4.78, 5) is 25.3. The molecule has 6 rings (SSSR count). The zero-order chi connectivity index (χ0) is 22.4. The van der Waals surface area contributed by atoms with E-state index in [1.54, 1.807) is 15.3 Å². The molecule has 0 radical (unpaired) electrons. The van der Waals surface area contributed by atoms with E-state index < -0.39 is 0 Å². The van der Waals surface area contributed by atoms with E-state index in [0.29, 0.717) is 22.8 Å². The molecule has 2 aromatic carbocycles. The molecule has 0 saturated carbocycles. The molecule has 1 saturated heterocycles. The molecule has 0 amide bonds. The summed E-state index contributed by atoms with van der Waals surface area (Å²) >= 11 is 0. The van der Waals surface area contributed by atoms with E-state index >= 15 is 0 Å². The van der Waals surface area contributed by atoms with Crippen LogP contribution >= 0.6 is 0 Å². The van der Waals surface area contributed by atoms with Crippen LogP contribution in [0.2, 0.25) is 0 Å². The number of para-hydroxylation sites is 2. The number of hydrogen-bond acceptors (Lipinski definition) is 6. The fourth-order valence-corrected chi connectivity index (χ4v) is 4.74. The Hall–Kier alpha value is -3.78. The number of anilines is 1. The van der Waals surface area contributed by atoms with Crippen LogP contribution in [-0.4, -0.2) is 51.0 Å². The summed E-state index contributed by atoms with van der Waals surface area (Å²) in [5.74, 6) is 1.96. The largest absolute Gasteiger partial charge is 0.381 e. The summed E-state index contributed by atoms with van der Waals surface area (Å²) in [7, 11) is 2.06. The molecule has 1 aliphatic heterocycles. The molecule has 1 unspecified atom stereocenters. The molecule has 1 aliphatic rings. The number of ether oxygens (including phenoxy) is 1. The van der Waals surface area contributed by atoms with Gasteiger partial charge < -0.3 is 9.64 Å². The minimum Gasteiger partial charge on any atom is -0.381 e. The van der Waals surface area contributed by atoms with Crippen molar-refractivity contribution in [2.75, 3.05) is 31.7 Å². The van der Waals surface area contributed by atoms with E-state index in [4.69, 9.17) is 14.7 Å². The SMILES string of the molecule is CN(CC1CCOC1)c1nc(Cn2c(=O)c3ccccc3n3nccc23)nc2ccccc12. The van der Waals surface area contributed by atoms with Crippen LogP contribution in [0.25, 0.3) is 27.5 Å². The normalized spacial score (nSPS) is 16.2. The van der Waals surface area contributed by atoms with Gasteiger partial charge in [0.2, 0.25) is 0 Å². The van der Waals surface area contributed by atoms with Gasteiger partial charge in [-0.2, -0.15) is 5.10 Å². The van der Waals surface area contributed by atoms with E-state index in [1.807, 2.05) is 54.6 Å². The minimum atomic E-state index is -0.0756. The molecule has 8 heteroatoms. The predicted molar refractivity (Wildman–Crippen MR) is 128 cm³/mol. The molecule has 5 aromatic rings. The Morgan fingerprint density at radius 3 is 2.73 bits per heavy atom. The first kappa shape index (κ1) is 19.9. The lowest BCUT2D eigenvalue weighted by molar-refractivity contribution is 0.186. The molecular formula is C25H24N6O2. The first-order valence-corrected chi connectivity index (χ1v) is 11.2. The van der Waals surface area contributed by atoms with Gasteiger partial charge in [-0.1, -0.05) is 24.3 Å². The van der Waals surface area contributed by atoms with Crippen LogP contribution < -0.4 is 10.5 Å². The van der Waals surface area contributed by atoms with Gasteiger partial charge in [-0.25, -0.2) is 14.5 Å². The second-order valence-corrected chi connectivity index (χ2v) is 8.60. The fraction of sp³-hybridized carbons (Fsp3) is 0.280. The van der Waals surface area contributed by atoms with Crippen molar-refractivity contribution >= 4 is 33.3 Å². The molecule has 0 bridgehead atoms. The monoisotopic (exact) mass is 440 g/mol. The lowest BCUT2D eigenvalue weighted by Gasteiger charge is -2.23. The highest BCUT2D eigenvalue weighted by Crippen LogP contribution is 2.25. The molecule has 8 nitrogen and oxygen atoms in total. The lowest BCUT2D eigenvalue weighted by Crippen LogP contribution is -2.28. The van der Waals surface area contributed by atoms with Gasteiger partial charge in [0.05, 0.1) is 35.8 Å². The van der Waals surface area contributed by atoms with Crippen molar-refractivity contribution in [2.45, 2.75) is 13.0 Å². The van der Waals surface area contributed by atoms with Crippen molar-refractivity contribution in [3.63, 3.8) is 0 Å². The number of benzene rings is 2. The highest BCUT2D eigenvalue weighted by Gasteiger charge is 2.21. The Labute approximate surface area is 190 Å². The fourth-order valence-electron chi connectivity index (χ4n) is 4.74. The van der Waals surface area contributed by atoms with Crippen molar-refractivity contribution in [1.29, 1.82) is 0 Å². The Kier molecular flexibility index (Phi) is 4.80. The number of fused-ring (bicyclic) bond motifs is 4. The lowest BCUT2D eigenvalue weighted by atomic mass is 10.1. The van der Waals surface area contributed by atoms with E-state index in [-0.39, 0.29) is 12.1 Å². The quantitative estimate of drug-likeness (QED) is 0.418. The van der Waals surface area contributed by atoms with E-state index in [0.717, 1.165) is 48.4 Å². The highest BCUT2D eigenvalue weighted by atomic mass is 16.5. The smallest absolute Gasteiger partial charge is 0.262 e. The average molecular weight is 441 g/mol. The molecule has 3 aromatic heterocycles. The minimum absolute atomic E-state index is 0.0756. The standard InChI is InChI=1S/C25H24N6O2/c1-29(14-17-11-13-33-16-17)24-18-6-2-4-8-20(18)27-22(28-24)15-30-23-10-12-26-31(23)21-9-5-3-7-19(21)25(30)32/h2-10,12,17H,11,13-16H2,1H3. The summed E-state index contributed by atoms with van der Waals surface area (Å²) in [6.07, 6.45) is 2.77. The van der Waals surface area contributed by atoms with Gasteiger partial charge in [0.25, 0.3) is 5.56 Å². The summed E-state index contributed by atoms with van der Waals surface area (Å²) in [6, 6.07) is 17.4. The molecule has 0 aliphatic carbocycles. The second-order valence-electron chi connectivity index (χ2n) is 8.60. The third-order valence-electron chi connectivity index (χ3n) is 6.35. The maximum Gasteiger partial charge on any atom is 0.262 e. The van der Waals surface area contributed by atoms with Gasteiger partial charge in [-0.05, 0) is 30.7 Å². The van der Waals surface area contributed by atoms with Crippen molar-refractivity contribution < 1.29 is 4.74 Å². The molecule has 0 N–H and O–H groups in total. The van der Waals surface area contributed by atoms with Gasteiger partial charge in [0.1, 0.15) is 11.5 Å². The van der Waals surface area contributed by atoms with E-state index in [9.17, 15) is 4.79 Å². The summed E-state index contributed by atoms with van der Waals surface area (Å²) in [5, 5.41) is 6.06. The third kappa shape index (κ3) is 3.43. The average Bonchev–Trinajstić information content (AvgIpc) is 3.54. The Morgan fingerprint density at radius 2 is 1.88 bits per heavy atom. The van der Waals surface area contributed by atoms with Crippen molar-refractivity contribution in [3.05, 3.63) is 77.0 Å². The van der Waals surface area contributed by atoms with Crippen LogP contribution in [0.3, 0.4) is 0 Å². The van der Waals surface area contributed by atoms with Gasteiger partial charge in [0, 0.05) is 37.6 Å². The van der Waals surface area contributed by atoms with Crippen molar-refractivity contribution in [1.82, 2.24) is 24.1 Å². The van der Waals surface area contributed by atoms with Crippen LogP contribution in [0.1, 0.15) is 12.2 Å². The zero-order valence-corrected chi connectivity index (χ0v) is 18.4. The Morgan fingerprint density at radius 1 is 1.06 bits per heavy atom. The first-order chi connectivity index (χ1) is 16.2. The van der Waals surface area contributed by atoms with Gasteiger partial charge >= 0.3 is 0 Å². The summed E-state index contributed by atoms with van der Waals surface area (Å²) < 4.78 is 9.06. The number of aromatic nitrogens is 5. The molecule has 33 heavy (non-hydrogen) atoms. The highest BCUT2D eigenvalue weighted by molar-refractivity contribution is 5.89. The van der Waals surface area contributed by atoms with Crippen LogP contribution in [-0.2, 0) is 11.3 Å². The first-order valence-electron chi connectivity index (χ1n) is 11.2. The molecule has 166 valence electrons. The van der Waals surface area contributed by atoms with E-state index in [2.05, 4.69) is 17.0 Å². The van der Waals surface area contributed by atoms with Crippen LogP contribution in [0.5, 0.6) is 0 Å². The van der Waals surface area contributed by atoms with Crippen molar-refractivity contribution in [2.24, 2.45) is 5.92 Å². The number of rotatable bonds is 5. The van der Waals surface area contributed by atoms with Gasteiger partial charge in [-0.3, -0.25) is 9.36 Å². The number of hydrogen-bond donors (Lipinski definition) is 0. The molecule has 0 spiro atoms. The van der Waals surface area contributed by atoms with Crippen molar-refractivity contribution in [3.8, 4) is 0 Å². The maximum atomic E-state index is 13.4. The second kappa shape index (κ2) is 7.97. The van der Waals surface area contributed by atoms with Crippen LogP contribution in [0, 0.1) is 5.92 Å². The third-order valence-corrected chi connectivity index (χ3v) is 6.35. The summed E-state index contributed by atoms with van der Waals surface area (Å²) in [5.41, 5.74) is 2.30. The molecule has 4 heterocycles. The van der Waals surface area contributed by atoms with Crippen LogP contribution in [0.15, 0.2) is 65.6 Å². The number of nitrogens with zero attached hydrogens (tertiary/aromatic N) is 6. The van der Waals surface area contributed by atoms with E-state index in [1.165, 1.54) is 0 Å². The zero-order valence-electron chi connectivity index (χ0n) is 18.4.